The van der Waals surface area contributed by atoms with Crippen LogP contribution >= 0.6 is 11.6 Å². The summed E-state index contributed by atoms with van der Waals surface area (Å²) in [6.45, 7) is 1.31. The molecule has 1 atom stereocenters. The summed E-state index contributed by atoms with van der Waals surface area (Å²) in [6.07, 6.45) is 1.18. The van der Waals surface area contributed by atoms with E-state index in [9.17, 15) is 9.59 Å². The number of halogens is 1. The van der Waals surface area contributed by atoms with Crippen LogP contribution in [0.1, 0.15) is 11.7 Å². The fourth-order valence-electron chi connectivity index (χ4n) is 2.54. The molecule has 1 aromatic carbocycles. The van der Waals surface area contributed by atoms with Gasteiger partial charge in [-0.15, -0.1) is 0 Å². The van der Waals surface area contributed by atoms with Crippen LogP contribution in [0.2, 0.25) is 5.02 Å². The Morgan fingerprint density at radius 1 is 1.48 bits per heavy atom. The van der Waals surface area contributed by atoms with Gasteiger partial charge in [0.05, 0.1) is 13.2 Å². The van der Waals surface area contributed by atoms with Gasteiger partial charge in [0.1, 0.15) is 19.0 Å². The smallest absolute Gasteiger partial charge is 0.345 e. The molecule has 1 aromatic heterocycles. The van der Waals surface area contributed by atoms with Crippen molar-refractivity contribution in [2.45, 2.75) is 12.6 Å². The van der Waals surface area contributed by atoms with Crippen molar-refractivity contribution in [1.82, 2.24) is 19.2 Å². The van der Waals surface area contributed by atoms with Gasteiger partial charge < -0.3 is 9.64 Å². The van der Waals surface area contributed by atoms with Gasteiger partial charge in [-0.2, -0.15) is 5.10 Å². The highest BCUT2D eigenvalue weighted by atomic mass is 35.5. The van der Waals surface area contributed by atoms with Gasteiger partial charge in [-0.25, -0.2) is 9.48 Å². The fourth-order valence-corrected chi connectivity index (χ4v) is 2.74. The molecule has 23 heavy (non-hydrogen) atoms. The van der Waals surface area contributed by atoms with Crippen molar-refractivity contribution in [3.63, 3.8) is 0 Å². The van der Waals surface area contributed by atoms with Crippen LogP contribution in [0.25, 0.3) is 0 Å². The second-order valence-electron chi connectivity index (χ2n) is 5.44. The van der Waals surface area contributed by atoms with E-state index in [4.69, 9.17) is 16.3 Å². The molecular weight excluding hydrogens is 320 g/mol. The van der Waals surface area contributed by atoms with Crippen LogP contribution in [-0.2, 0) is 23.1 Å². The molecule has 2 aromatic rings. The van der Waals surface area contributed by atoms with Crippen LogP contribution in [0.3, 0.4) is 0 Å². The summed E-state index contributed by atoms with van der Waals surface area (Å²) in [5.41, 5.74) is 0.628. The Balaban J connectivity index is 1.69. The molecule has 0 aliphatic carbocycles. The molecule has 1 fully saturated rings. The summed E-state index contributed by atoms with van der Waals surface area (Å²) in [7, 11) is 1.60. The Bertz CT molecular complexity index is 770. The summed E-state index contributed by atoms with van der Waals surface area (Å²) in [4.78, 5) is 25.9. The SMILES string of the molecule is Cn1cnn(CC(=O)N2CCO[C@@H](c3cccc(Cl)c3)C2)c1=O. The van der Waals surface area contributed by atoms with Gasteiger partial charge >= 0.3 is 5.69 Å². The molecule has 0 N–H and O–H groups in total. The number of carbonyl (C=O) groups is 1. The number of aryl methyl sites for hydroxylation is 1. The van der Waals surface area contributed by atoms with Crippen molar-refractivity contribution < 1.29 is 9.53 Å². The van der Waals surface area contributed by atoms with Gasteiger partial charge in [0, 0.05) is 18.6 Å². The van der Waals surface area contributed by atoms with Crippen molar-refractivity contribution in [2.24, 2.45) is 7.05 Å². The highest BCUT2D eigenvalue weighted by Crippen LogP contribution is 2.24. The quantitative estimate of drug-likeness (QED) is 0.832. The van der Waals surface area contributed by atoms with Crippen molar-refractivity contribution in [1.29, 1.82) is 0 Å². The average Bonchev–Trinajstić information content (AvgIpc) is 2.87. The second kappa shape index (κ2) is 6.55. The summed E-state index contributed by atoms with van der Waals surface area (Å²) in [5.74, 6) is -0.152. The van der Waals surface area contributed by atoms with Crippen molar-refractivity contribution in [3.05, 3.63) is 51.7 Å². The molecule has 1 aliphatic rings. The zero-order valence-electron chi connectivity index (χ0n) is 12.7. The summed E-state index contributed by atoms with van der Waals surface area (Å²) in [5, 5.41) is 4.54. The number of carbonyl (C=O) groups excluding carboxylic acids is 1. The molecule has 7 nitrogen and oxygen atoms in total. The number of nitrogens with zero attached hydrogens (tertiary/aromatic N) is 4. The van der Waals surface area contributed by atoms with E-state index in [0.717, 1.165) is 10.2 Å². The first-order chi connectivity index (χ1) is 11.0. The van der Waals surface area contributed by atoms with Crippen molar-refractivity contribution in [2.75, 3.05) is 19.7 Å². The summed E-state index contributed by atoms with van der Waals surface area (Å²) in [6, 6.07) is 7.41. The van der Waals surface area contributed by atoms with Gasteiger partial charge in [0.25, 0.3) is 0 Å². The normalized spacial score (nSPS) is 18.2. The number of amides is 1. The maximum absolute atomic E-state index is 12.4. The van der Waals surface area contributed by atoms with Gasteiger partial charge in [0.2, 0.25) is 5.91 Å². The lowest BCUT2D eigenvalue weighted by Gasteiger charge is -2.33. The van der Waals surface area contributed by atoms with Gasteiger partial charge in [-0.05, 0) is 17.7 Å². The standard InChI is InChI=1S/C15H17ClN4O3/c1-18-10-17-20(15(18)22)9-14(21)19-5-6-23-13(8-19)11-3-2-4-12(16)7-11/h2-4,7,10,13H,5-6,8-9H2,1H3/t13-/m1/s1. The predicted molar refractivity (Wildman–Crippen MR) is 84.2 cm³/mol. The molecule has 8 heteroatoms. The zero-order valence-corrected chi connectivity index (χ0v) is 13.4. The van der Waals surface area contributed by atoms with Crippen LogP contribution in [0.4, 0.5) is 0 Å². The third-order valence-electron chi connectivity index (χ3n) is 3.81. The Morgan fingerprint density at radius 3 is 3.00 bits per heavy atom. The third kappa shape index (κ3) is 3.46. The minimum Gasteiger partial charge on any atom is -0.370 e. The Hall–Kier alpha value is -2.12. The molecule has 1 aliphatic heterocycles. The number of hydrogen-bond acceptors (Lipinski definition) is 4. The first-order valence-electron chi connectivity index (χ1n) is 7.28. The van der Waals surface area contributed by atoms with E-state index in [1.54, 1.807) is 18.0 Å². The lowest BCUT2D eigenvalue weighted by molar-refractivity contribution is -0.139. The van der Waals surface area contributed by atoms with E-state index >= 15 is 0 Å². The molecule has 122 valence electrons. The predicted octanol–water partition coefficient (Wildman–Crippen LogP) is 0.835. The minimum absolute atomic E-state index is 0.0675. The first-order valence-corrected chi connectivity index (χ1v) is 7.65. The first kappa shape index (κ1) is 15.8. The molecule has 1 saturated heterocycles. The van der Waals surface area contributed by atoms with Crippen LogP contribution in [0.15, 0.2) is 35.4 Å². The number of hydrogen-bond donors (Lipinski definition) is 0. The van der Waals surface area contributed by atoms with E-state index in [0.29, 0.717) is 24.7 Å². The Labute approximate surface area is 138 Å². The summed E-state index contributed by atoms with van der Waals surface area (Å²) < 4.78 is 8.23. The molecule has 0 unspecified atom stereocenters. The van der Waals surface area contributed by atoms with Crippen LogP contribution in [-0.4, -0.2) is 44.9 Å². The number of aromatic nitrogens is 3. The minimum atomic E-state index is -0.307. The van der Waals surface area contributed by atoms with Crippen molar-refractivity contribution >= 4 is 17.5 Å². The maximum atomic E-state index is 12.4. The zero-order chi connectivity index (χ0) is 16.4. The van der Waals surface area contributed by atoms with Crippen molar-refractivity contribution in [3.8, 4) is 0 Å². The molecule has 2 heterocycles. The molecule has 0 saturated carbocycles. The third-order valence-corrected chi connectivity index (χ3v) is 4.05. The second-order valence-corrected chi connectivity index (χ2v) is 5.87. The van der Waals surface area contributed by atoms with Gasteiger partial charge in [-0.3, -0.25) is 9.36 Å². The number of morpholine rings is 1. The molecule has 0 spiro atoms. The number of rotatable bonds is 3. The molecule has 3 rings (SSSR count). The van der Waals surface area contributed by atoms with Gasteiger partial charge in [0.15, 0.2) is 0 Å². The Kier molecular flexibility index (Phi) is 4.49. The topological polar surface area (TPSA) is 69.4 Å². The van der Waals surface area contributed by atoms with E-state index in [2.05, 4.69) is 5.10 Å². The molecule has 0 radical (unpaired) electrons. The molecule has 1 amide bonds. The highest BCUT2D eigenvalue weighted by Gasteiger charge is 2.26. The largest absolute Gasteiger partial charge is 0.370 e. The van der Waals surface area contributed by atoms with Gasteiger partial charge in [-0.1, -0.05) is 23.7 Å². The van der Waals surface area contributed by atoms with E-state index in [-0.39, 0.29) is 24.2 Å². The lowest BCUT2D eigenvalue weighted by Crippen LogP contribution is -2.44. The number of ether oxygens (including phenoxy) is 1. The van der Waals surface area contributed by atoms with Crippen LogP contribution < -0.4 is 5.69 Å². The van der Waals surface area contributed by atoms with E-state index < -0.39 is 0 Å². The maximum Gasteiger partial charge on any atom is 0.345 e. The lowest BCUT2D eigenvalue weighted by atomic mass is 10.1. The van der Waals surface area contributed by atoms with E-state index in [1.807, 2.05) is 18.2 Å². The number of benzene rings is 1. The van der Waals surface area contributed by atoms with Crippen LogP contribution in [0.5, 0.6) is 0 Å². The monoisotopic (exact) mass is 336 g/mol. The average molecular weight is 337 g/mol. The summed E-state index contributed by atoms with van der Waals surface area (Å²) >= 11 is 6.01. The highest BCUT2D eigenvalue weighted by molar-refractivity contribution is 6.30. The van der Waals surface area contributed by atoms with E-state index in [1.165, 1.54) is 10.9 Å². The Morgan fingerprint density at radius 2 is 2.30 bits per heavy atom. The molecule has 0 bridgehead atoms. The van der Waals surface area contributed by atoms with Crippen LogP contribution in [0, 0.1) is 0 Å². The molecular formula is C15H17ClN4O3. The fraction of sp³-hybridized carbons (Fsp3) is 0.400.